The predicted octanol–water partition coefficient (Wildman–Crippen LogP) is 20.3. The molecule has 1 atom stereocenters. The fourth-order valence-corrected chi connectivity index (χ4v) is 6.47. The molecule has 1 unspecified atom stereocenters. The zero-order chi connectivity index (χ0) is 61.5. The number of fused-ring (bicyclic) bond motifs is 3. The Kier molecular flexibility index (Phi) is 46.6. The molecule has 0 bridgehead atoms. The van der Waals surface area contributed by atoms with E-state index in [-0.39, 0.29) is 19.1 Å². The molecule has 5 aromatic carbocycles. The van der Waals surface area contributed by atoms with Crippen molar-refractivity contribution < 1.29 is 76.3 Å². The van der Waals surface area contributed by atoms with E-state index in [1.807, 2.05) is 74.5 Å². The molecule has 0 aliphatic heterocycles. The van der Waals surface area contributed by atoms with Crippen molar-refractivity contribution in [1.82, 2.24) is 0 Å². The molecule has 25 heteroatoms. The lowest BCUT2D eigenvalue weighted by atomic mass is 9.98. The van der Waals surface area contributed by atoms with E-state index in [9.17, 15) is 38.4 Å². The first-order chi connectivity index (χ1) is 38.4. The van der Waals surface area contributed by atoms with E-state index < -0.39 is 43.4 Å². The molecule has 442 valence electrons. The van der Waals surface area contributed by atoms with Crippen molar-refractivity contribution in [3.8, 4) is 22.6 Å². The van der Waals surface area contributed by atoms with Crippen LogP contribution >= 0.6 is 104 Å². The molecule has 81 heavy (non-hydrogen) atoms. The number of methoxy groups -OCH3 is 1. The normalized spacial score (nSPS) is 10.2. The van der Waals surface area contributed by atoms with Gasteiger partial charge in [-0.05, 0) is 82.5 Å². The number of halogens is 9. The first-order valence-electron chi connectivity index (χ1n) is 23.7. The molecular formula is C56H59Cl9O16. The van der Waals surface area contributed by atoms with Gasteiger partial charge in [-0.2, -0.15) is 0 Å². The topological polar surface area (TPSA) is 210 Å². The van der Waals surface area contributed by atoms with Crippen molar-refractivity contribution in [3.05, 3.63) is 168 Å². The summed E-state index contributed by atoms with van der Waals surface area (Å²) in [6.45, 7) is 12.6. The number of rotatable bonds is 15. The molecule has 0 radical (unpaired) electrons. The average molecular weight is 1310 g/mol. The average Bonchev–Trinajstić information content (AvgIpc) is 4.04. The maximum absolute atomic E-state index is 10.8. The van der Waals surface area contributed by atoms with Gasteiger partial charge in [0.25, 0.3) is 0 Å². The summed E-state index contributed by atoms with van der Waals surface area (Å²) >= 11 is 44.9. The van der Waals surface area contributed by atoms with Gasteiger partial charge in [-0.15, -0.1) is 0 Å². The highest BCUT2D eigenvalue weighted by Gasteiger charge is 2.28. The molecule has 0 amide bonds. The molecule has 1 aliphatic carbocycles. The van der Waals surface area contributed by atoms with Crippen molar-refractivity contribution in [1.29, 1.82) is 0 Å². The molecule has 0 saturated carbocycles. The van der Waals surface area contributed by atoms with Crippen LogP contribution in [0.25, 0.3) is 11.1 Å². The third-order valence-corrected chi connectivity index (χ3v) is 10.4. The second-order valence-electron chi connectivity index (χ2n) is 15.6. The summed E-state index contributed by atoms with van der Waals surface area (Å²) in [5, 5.41) is 0.583. The van der Waals surface area contributed by atoms with Crippen LogP contribution in [-0.4, -0.2) is 70.4 Å². The lowest BCUT2D eigenvalue weighted by Crippen LogP contribution is -2.09. The Bertz CT molecular complexity index is 2570. The number of carbonyl (C=O) groups is 8. The molecule has 0 spiro atoms. The first kappa shape index (κ1) is 77.3. The van der Waals surface area contributed by atoms with Crippen LogP contribution in [0.4, 0.5) is 38.4 Å². The molecule has 1 aliphatic rings. The van der Waals surface area contributed by atoms with Crippen LogP contribution in [0.2, 0.25) is 5.02 Å². The van der Waals surface area contributed by atoms with Gasteiger partial charge in [-0.1, -0.05) is 162 Å². The first-order valence-corrected chi connectivity index (χ1v) is 27.1. The highest BCUT2D eigenvalue weighted by Crippen LogP contribution is 2.44. The molecule has 16 nitrogen and oxygen atoms in total. The third-order valence-electron chi connectivity index (χ3n) is 9.32. The number of unbranched alkanes of at least 4 members (excludes halogenated alkanes) is 1. The highest BCUT2D eigenvalue weighted by molar-refractivity contribution is 6.63. The minimum atomic E-state index is -0.856. The summed E-state index contributed by atoms with van der Waals surface area (Å²) in [5.74, 6) is 1.77. The fraction of sp³-hybridized carbons (Fsp3) is 0.286. The summed E-state index contributed by atoms with van der Waals surface area (Å²) < 4.78 is 35.6. The summed E-state index contributed by atoms with van der Waals surface area (Å²) in [4.78, 5) is 80.3. The van der Waals surface area contributed by atoms with E-state index in [0.717, 1.165) is 24.7 Å². The lowest BCUT2D eigenvalue weighted by Gasteiger charge is -2.12. The zero-order valence-corrected chi connectivity index (χ0v) is 51.1. The summed E-state index contributed by atoms with van der Waals surface area (Å²) in [7, 11) is 1.22. The van der Waals surface area contributed by atoms with Crippen LogP contribution < -0.4 is 9.47 Å². The Morgan fingerprint density at radius 2 is 0.938 bits per heavy atom. The third kappa shape index (κ3) is 44.5. The van der Waals surface area contributed by atoms with E-state index in [2.05, 4.69) is 96.3 Å². The molecule has 0 heterocycles. The van der Waals surface area contributed by atoms with Crippen molar-refractivity contribution in [2.45, 2.75) is 65.9 Å². The predicted molar refractivity (Wildman–Crippen MR) is 318 cm³/mol. The van der Waals surface area contributed by atoms with Crippen LogP contribution in [0.1, 0.15) is 76.0 Å². The van der Waals surface area contributed by atoms with Gasteiger partial charge in [0.05, 0.1) is 26.6 Å². The van der Waals surface area contributed by atoms with Gasteiger partial charge in [0.1, 0.15) is 24.7 Å². The lowest BCUT2D eigenvalue weighted by molar-refractivity contribution is 0.146. The summed E-state index contributed by atoms with van der Waals surface area (Å²) in [6, 6.07) is 40.7. The van der Waals surface area contributed by atoms with Crippen LogP contribution in [0.15, 0.2) is 146 Å². The molecule has 5 aromatic rings. The van der Waals surface area contributed by atoms with E-state index in [0.29, 0.717) is 41.6 Å². The van der Waals surface area contributed by atoms with Crippen molar-refractivity contribution >= 4 is 148 Å². The molecular weight excluding hydrogens is 1250 g/mol. The monoisotopic (exact) mass is 1300 g/mol. The van der Waals surface area contributed by atoms with Crippen molar-refractivity contribution in [2.75, 3.05) is 26.9 Å². The number of ether oxygens (including phenoxy) is 8. The number of hydrogen-bond acceptors (Lipinski definition) is 16. The summed E-state index contributed by atoms with van der Waals surface area (Å²) in [5.41, 5.74) is -0.495. The Balaban J connectivity index is 0. The highest BCUT2D eigenvalue weighted by atomic mass is 35.5. The van der Waals surface area contributed by atoms with E-state index in [4.69, 9.17) is 90.7 Å². The van der Waals surface area contributed by atoms with Gasteiger partial charge in [0.2, 0.25) is 0 Å². The Labute approximate surface area is 515 Å². The maximum Gasteiger partial charge on any atom is 0.409 e. The Hall–Kier alpha value is -5.79. The van der Waals surface area contributed by atoms with Gasteiger partial charge in [-0.3, -0.25) is 0 Å². The quantitative estimate of drug-likeness (QED) is 0.0542. The molecule has 0 fully saturated rings. The summed E-state index contributed by atoms with van der Waals surface area (Å²) in [6.07, 6.45) is 5.51. The standard InChI is InChI=1S/C15H11ClO2.C9H17ClO2.C8H7ClO2.C7H4Cl2O2.C7H5ClO2.C5H9ClO2.C3H3ClO2.C2H3ClO2/c16-15(17)18-9-14-12-7-3-1-5-10(12)11-6-2-4-8-13(11)14;1-3-5-6-8(4-2)7-12-9(10)11;9-8(10)11-6-7-4-2-1-3-5-7;8-5-1-3-6(4-2-5)11-7(9)10;8-7(9)10-6-4-2-1-3-5-6;1-4(2)3-8-5(6)7;1-2-6-3(4)5;1-5-2(3)4/h1-8,14H,9H2;8H,3-7H2,1-2H3;1-5H,6H2;1-4H;1-5H;4H,3H2,1-2H3;2H,1H2;1H3. The SMILES string of the molecule is C=COC(=O)Cl.CC(C)COC(=O)Cl.CCCCC(CC)COC(=O)Cl.COC(=O)Cl.O=C(Cl)OCC1c2ccccc2-c2ccccc21.O=C(Cl)OCc1ccccc1.O=C(Cl)Oc1ccc(Cl)cc1.O=C(Cl)Oc1ccccc1. The molecule has 0 saturated heterocycles. The largest absolute Gasteiger partial charge is 0.457 e. The van der Waals surface area contributed by atoms with Crippen LogP contribution in [0.3, 0.4) is 0 Å². The smallest absolute Gasteiger partial charge is 0.409 e. The number of hydrogen-bond donors (Lipinski definition) is 0. The van der Waals surface area contributed by atoms with Crippen LogP contribution in [-0.2, 0) is 35.0 Å². The number of carbonyl (C=O) groups excluding carboxylic acids is 8. The van der Waals surface area contributed by atoms with Crippen LogP contribution in [0, 0.1) is 11.8 Å². The second kappa shape index (κ2) is 48.9. The minimum Gasteiger partial charge on any atom is -0.457 e. The van der Waals surface area contributed by atoms with Gasteiger partial charge in [0.15, 0.2) is 0 Å². The van der Waals surface area contributed by atoms with Gasteiger partial charge in [-0.25, -0.2) is 38.4 Å². The zero-order valence-electron chi connectivity index (χ0n) is 44.3. The van der Waals surface area contributed by atoms with E-state index in [1.54, 1.807) is 48.5 Å². The van der Waals surface area contributed by atoms with Crippen molar-refractivity contribution in [3.63, 3.8) is 0 Å². The fourth-order valence-electron chi connectivity index (χ4n) is 5.86. The Morgan fingerprint density at radius 1 is 0.519 bits per heavy atom. The second-order valence-corrected chi connectivity index (χ2v) is 18.5. The molecule has 0 aromatic heterocycles. The minimum absolute atomic E-state index is 0.0834. The Morgan fingerprint density at radius 3 is 1.30 bits per heavy atom. The number of para-hydroxylation sites is 1. The van der Waals surface area contributed by atoms with E-state index in [1.165, 1.54) is 42.2 Å². The van der Waals surface area contributed by atoms with Crippen LogP contribution in [0.5, 0.6) is 11.5 Å². The van der Waals surface area contributed by atoms with Crippen molar-refractivity contribution in [2.24, 2.45) is 11.8 Å². The van der Waals surface area contributed by atoms with Gasteiger partial charge in [0, 0.05) is 104 Å². The van der Waals surface area contributed by atoms with E-state index >= 15 is 0 Å². The maximum atomic E-state index is 10.8. The van der Waals surface area contributed by atoms with Gasteiger partial charge >= 0.3 is 43.4 Å². The van der Waals surface area contributed by atoms with Gasteiger partial charge < -0.3 is 37.9 Å². The molecule has 0 N–H and O–H groups in total. The molecule has 6 rings (SSSR count). The number of benzene rings is 5.